The van der Waals surface area contributed by atoms with E-state index in [0.29, 0.717) is 17.4 Å². The molecule has 6 nitrogen and oxygen atoms in total. The standard InChI is InChI=1S/C13H14N4O2/c1-7-8(2)15-13(16-12(7)17-14)9-3-4-10-11(5-9)19-6-18-10/h3-5H,6,14H2,1-2H3,(H,15,16,17). The summed E-state index contributed by atoms with van der Waals surface area (Å²) in [7, 11) is 0. The largest absolute Gasteiger partial charge is 0.454 e. The highest BCUT2D eigenvalue weighted by atomic mass is 16.7. The molecule has 1 aromatic carbocycles. The predicted octanol–water partition coefficient (Wildman–Crippen LogP) is 1.77. The Morgan fingerprint density at radius 1 is 1.16 bits per heavy atom. The highest BCUT2D eigenvalue weighted by Gasteiger charge is 2.16. The maximum absolute atomic E-state index is 5.47. The monoisotopic (exact) mass is 258 g/mol. The topological polar surface area (TPSA) is 82.3 Å². The molecule has 0 saturated carbocycles. The van der Waals surface area contributed by atoms with Gasteiger partial charge in [-0.15, -0.1) is 0 Å². The number of ether oxygens (including phenoxy) is 2. The summed E-state index contributed by atoms with van der Waals surface area (Å²) >= 11 is 0. The smallest absolute Gasteiger partial charge is 0.231 e. The van der Waals surface area contributed by atoms with Crippen LogP contribution < -0.4 is 20.7 Å². The Bertz CT molecular complexity index is 643. The van der Waals surface area contributed by atoms with Crippen molar-refractivity contribution in [2.24, 2.45) is 5.84 Å². The van der Waals surface area contributed by atoms with Gasteiger partial charge < -0.3 is 14.9 Å². The number of aryl methyl sites for hydroxylation is 1. The van der Waals surface area contributed by atoms with Crippen molar-refractivity contribution in [2.45, 2.75) is 13.8 Å². The SMILES string of the molecule is Cc1nc(-c2ccc3c(c2)OCO3)nc(NN)c1C. The van der Waals surface area contributed by atoms with Crippen LogP contribution in [-0.2, 0) is 0 Å². The summed E-state index contributed by atoms with van der Waals surface area (Å²) < 4.78 is 10.6. The molecule has 0 fully saturated rings. The zero-order valence-electron chi connectivity index (χ0n) is 10.7. The van der Waals surface area contributed by atoms with Crippen molar-refractivity contribution in [3.05, 3.63) is 29.5 Å². The fourth-order valence-corrected chi connectivity index (χ4v) is 1.93. The summed E-state index contributed by atoms with van der Waals surface area (Å²) in [4.78, 5) is 8.88. The molecule has 1 aromatic heterocycles. The van der Waals surface area contributed by atoms with Crippen LogP contribution >= 0.6 is 0 Å². The molecule has 1 aliphatic rings. The van der Waals surface area contributed by atoms with Gasteiger partial charge in [0.15, 0.2) is 17.3 Å². The van der Waals surface area contributed by atoms with Crippen molar-refractivity contribution in [2.75, 3.05) is 12.2 Å². The van der Waals surface area contributed by atoms with E-state index < -0.39 is 0 Å². The molecule has 3 rings (SSSR count). The number of nitrogens with zero attached hydrogens (tertiary/aromatic N) is 2. The molecule has 2 heterocycles. The quantitative estimate of drug-likeness (QED) is 0.631. The lowest BCUT2D eigenvalue weighted by molar-refractivity contribution is 0.174. The van der Waals surface area contributed by atoms with Crippen LogP contribution in [0.3, 0.4) is 0 Å². The van der Waals surface area contributed by atoms with Gasteiger partial charge in [-0.1, -0.05) is 0 Å². The summed E-state index contributed by atoms with van der Waals surface area (Å²) in [5.74, 6) is 8.15. The highest BCUT2D eigenvalue weighted by Crippen LogP contribution is 2.35. The van der Waals surface area contributed by atoms with Crippen LogP contribution in [0.1, 0.15) is 11.3 Å². The molecule has 0 spiro atoms. The van der Waals surface area contributed by atoms with Gasteiger partial charge in [-0.2, -0.15) is 0 Å². The number of fused-ring (bicyclic) bond motifs is 1. The van der Waals surface area contributed by atoms with Crippen molar-refractivity contribution >= 4 is 5.82 Å². The highest BCUT2D eigenvalue weighted by molar-refractivity contribution is 5.64. The van der Waals surface area contributed by atoms with Gasteiger partial charge in [0, 0.05) is 16.8 Å². The zero-order valence-corrected chi connectivity index (χ0v) is 10.7. The number of aromatic nitrogens is 2. The second-order valence-electron chi connectivity index (χ2n) is 4.32. The normalized spacial score (nSPS) is 12.6. The van der Waals surface area contributed by atoms with E-state index >= 15 is 0 Å². The Morgan fingerprint density at radius 2 is 1.95 bits per heavy atom. The number of benzene rings is 1. The van der Waals surface area contributed by atoms with Crippen molar-refractivity contribution in [1.29, 1.82) is 0 Å². The van der Waals surface area contributed by atoms with Gasteiger partial charge in [0.1, 0.15) is 5.82 Å². The first-order valence-corrected chi connectivity index (χ1v) is 5.91. The molecule has 3 N–H and O–H groups in total. The fraction of sp³-hybridized carbons (Fsp3) is 0.231. The summed E-state index contributed by atoms with van der Waals surface area (Å²) in [6.07, 6.45) is 0. The third-order valence-electron chi connectivity index (χ3n) is 3.16. The number of rotatable bonds is 2. The second-order valence-corrected chi connectivity index (χ2v) is 4.32. The first-order valence-electron chi connectivity index (χ1n) is 5.91. The van der Waals surface area contributed by atoms with Gasteiger partial charge in [-0.25, -0.2) is 15.8 Å². The van der Waals surface area contributed by atoms with E-state index in [1.807, 2.05) is 32.0 Å². The van der Waals surface area contributed by atoms with Gasteiger partial charge in [-0.05, 0) is 32.0 Å². The van der Waals surface area contributed by atoms with Crippen molar-refractivity contribution in [3.63, 3.8) is 0 Å². The number of nitrogens with two attached hydrogens (primary N) is 1. The summed E-state index contributed by atoms with van der Waals surface area (Å²) in [6.45, 7) is 4.10. The number of hydrogen-bond acceptors (Lipinski definition) is 6. The van der Waals surface area contributed by atoms with Crippen LogP contribution in [0, 0.1) is 13.8 Å². The third-order valence-corrected chi connectivity index (χ3v) is 3.16. The average molecular weight is 258 g/mol. The number of hydrazine groups is 1. The molecule has 0 saturated heterocycles. The van der Waals surface area contributed by atoms with E-state index in [2.05, 4.69) is 15.4 Å². The molecule has 0 atom stereocenters. The summed E-state index contributed by atoms with van der Waals surface area (Å²) in [5.41, 5.74) is 5.28. The Labute approximate surface area is 110 Å². The molecule has 0 amide bonds. The van der Waals surface area contributed by atoms with Crippen molar-refractivity contribution in [3.8, 4) is 22.9 Å². The van der Waals surface area contributed by atoms with E-state index in [1.54, 1.807) is 0 Å². The van der Waals surface area contributed by atoms with Gasteiger partial charge in [0.05, 0.1) is 0 Å². The van der Waals surface area contributed by atoms with Crippen LogP contribution in [0.2, 0.25) is 0 Å². The molecule has 0 aliphatic carbocycles. The van der Waals surface area contributed by atoms with Gasteiger partial charge >= 0.3 is 0 Å². The maximum atomic E-state index is 5.47. The van der Waals surface area contributed by atoms with Crippen molar-refractivity contribution in [1.82, 2.24) is 9.97 Å². The van der Waals surface area contributed by atoms with Crippen LogP contribution in [0.4, 0.5) is 5.82 Å². The molecule has 98 valence electrons. The van der Waals surface area contributed by atoms with Crippen LogP contribution in [-0.4, -0.2) is 16.8 Å². The van der Waals surface area contributed by atoms with Gasteiger partial charge in [0.25, 0.3) is 0 Å². The van der Waals surface area contributed by atoms with E-state index in [9.17, 15) is 0 Å². The van der Waals surface area contributed by atoms with E-state index in [4.69, 9.17) is 15.3 Å². The molecule has 0 unspecified atom stereocenters. The predicted molar refractivity (Wildman–Crippen MR) is 70.9 cm³/mol. The number of nitrogen functional groups attached to an aromatic ring is 1. The van der Waals surface area contributed by atoms with E-state index in [-0.39, 0.29) is 6.79 Å². The lowest BCUT2D eigenvalue weighted by Gasteiger charge is -2.09. The Balaban J connectivity index is 2.09. The summed E-state index contributed by atoms with van der Waals surface area (Å²) in [6, 6.07) is 5.62. The summed E-state index contributed by atoms with van der Waals surface area (Å²) in [5, 5.41) is 0. The Kier molecular flexibility index (Phi) is 2.72. The van der Waals surface area contributed by atoms with Crippen molar-refractivity contribution < 1.29 is 9.47 Å². The first-order chi connectivity index (χ1) is 9.19. The van der Waals surface area contributed by atoms with Gasteiger partial charge in [-0.3, -0.25) is 0 Å². The molecule has 19 heavy (non-hydrogen) atoms. The number of nitrogens with one attached hydrogen (secondary N) is 1. The Morgan fingerprint density at radius 3 is 2.74 bits per heavy atom. The lowest BCUT2D eigenvalue weighted by atomic mass is 10.1. The maximum Gasteiger partial charge on any atom is 0.231 e. The molecular formula is C13H14N4O2. The molecule has 0 radical (unpaired) electrons. The number of anilines is 1. The van der Waals surface area contributed by atoms with E-state index in [1.165, 1.54) is 0 Å². The first kappa shape index (κ1) is 11.7. The molecule has 0 bridgehead atoms. The minimum absolute atomic E-state index is 0.252. The fourth-order valence-electron chi connectivity index (χ4n) is 1.93. The zero-order chi connectivity index (χ0) is 13.4. The van der Waals surface area contributed by atoms with Crippen LogP contribution in [0.5, 0.6) is 11.5 Å². The van der Waals surface area contributed by atoms with Crippen LogP contribution in [0.15, 0.2) is 18.2 Å². The second kappa shape index (κ2) is 4.40. The average Bonchev–Trinajstić information content (AvgIpc) is 2.89. The van der Waals surface area contributed by atoms with Crippen LogP contribution in [0.25, 0.3) is 11.4 Å². The lowest BCUT2D eigenvalue weighted by Crippen LogP contribution is -2.12. The molecule has 2 aromatic rings. The molecule has 6 heteroatoms. The number of hydrogen-bond donors (Lipinski definition) is 2. The van der Waals surface area contributed by atoms with Gasteiger partial charge in [0.2, 0.25) is 6.79 Å². The Hall–Kier alpha value is -2.34. The third kappa shape index (κ3) is 1.96. The molecule has 1 aliphatic heterocycles. The minimum Gasteiger partial charge on any atom is -0.454 e. The minimum atomic E-state index is 0.252. The molecular weight excluding hydrogens is 244 g/mol. The van der Waals surface area contributed by atoms with E-state index in [0.717, 1.165) is 22.6 Å².